The van der Waals surface area contributed by atoms with Gasteiger partial charge >= 0.3 is 6.09 Å². The first-order valence-corrected chi connectivity index (χ1v) is 8.39. The molecule has 1 aliphatic heterocycles. The summed E-state index contributed by atoms with van der Waals surface area (Å²) in [4.78, 5) is 24.9. The summed E-state index contributed by atoms with van der Waals surface area (Å²) in [5.41, 5.74) is -0.489. The Labute approximate surface area is 144 Å². The zero-order valence-corrected chi connectivity index (χ0v) is 15.4. The third-order valence-corrected chi connectivity index (χ3v) is 3.55. The first-order chi connectivity index (χ1) is 11.2. The average Bonchev–Trinajstić information content (AvgIpc) is 2.45. The molecule has 1 amide bonds. The van der Waals surface area contributed by atoms with Crippen molar-refractivity contribution in [2.24, 2.45) is 0 Å². The van der Waals surface area contributed by atoms with Crippen LogP contribution < -0.4 is 9.64 Å². The van der Waals surface area contributed by atoms with Crippen molar-refractivity contribution in [3.8, 4) is 5.88 Å². The Balaban J connectivity index is 2.07. The Morgan fingerprint density at radius 2 is 1.92 bits per heavy atom. The predicted octanol–water partition coefficient (Wildman–Crippen LogP) is 2.71. The Hall–Kier alpha value is -2.05. The Kier molecular flexibility index (Phi) is 5.51. The number of anilines is 1. The smallest absolute Gasteiger partial charge is 0.410 e. The van der Waals surface area contributed by atoms with Crippen LogP contribution in [0.5, 0.6) is 5.88 Å². The molecule has 1 atom stereocenters. The second-order valence-corrected chi connectivity index (χ2v) is 7.32. The molecule has 1 saturated heterocycles. The largest absolute Gasteiger partial charge is 0.472 e. The molecule has 1 aromatic heterocycles. The van der Waals surface area contributed by atoms with Crippen LogP contribution in [0.15, 0.2) is 12.4 Å². The van der Waals surface area contributed by atoms with Crippen LogP contribution in [0.25, 0.3) is 0 Å². The van der Waals surface area contributed by atoms with E-state index in [4.69, 9.17) is 9.47 Å². The number of piperazine rings is 1. The van der Waals surface area contributed by atoms with Gasteiger partial charge in [-0.2, -0.15) is 0 Å². The van der Waals surface area contributed by atoms with Gasteiger partial charge in [-0.05, 0) is 41.5 Å². The first kappa shape index (κ1) is 18.3. The fraction of sp³-hybridized carbons (Fsp3) is 0.706. The minimum atomic E-state index is -0.489. The van der Waals surface area contributed by atoms with Crippen molar-refractivity contribution in [3.63, 3.8) is 0 Å². The standard InChI is InChI=1S/C17H28N4O3/c1-12(2)23-15-14(18-7-8-19-15)20-9-10-21(13(3)11-20)16(22)24-17(4,5)6/h7-8,12-13H,9-11H2,1-6H3/t13-/m1/s1. The lowest BCUT2D eigenvalue weighted by Crippen LogP contribution is -2.55. The molecule has 0 aromatic carbocycles. The third kappa shape index (κ3) is 4.72. The van der Waals surface area contributed by atoms with Crippen molar-refractivity contribution < 1.29 is 14.3 Å². The van der Waals surface area contributed by atoms with Crippen LogP contribution >= 0.6 is 0 Å². The molecule has 1 aliphatic rings. The quantitative estimate of drug-likeness (QED) is 0.845. The number of aromatic nitrogens is 2. The van der Waals surface area contributed by atoms with E-state index in [-0.39, 0.29) is 18.2 Å². The summed E-state index contributed by atoms with van der Waals surface area (Å²) in [6.07, 6.45) is 3.04. The van der Waals surface area contributed by atoms with E-state index in [9.17, 15) is 4.79 Å². The van der Waals surface area contributed by atoms with Gasteiger partial charge in [0, 0.05) is 38.1 Å². The van der Waals surface area contributed by atoms with Crippen LogP contribution in [0.3, 0.4) is 0 Å². The molecule has 0 aliphatic carbocycles. The molecule has 2 heterocycles. The highest BCUT2D eigenvalue weighted by molar-refractivity contribution is 5.69. The molecule has 7 nitrogen and oxygen atoms in total. The van der Waals surface area contributed by atoms with Crippen LogP contribution in [0, 0.1) is 0 Å². The van der Waals surface area contributed by atoms with E-state index in [1.807, 2.05) is 41.5 Å². The highest BCUT2D eigenvalue weighted by Crippen LogP contribution is 2.26. The SMILES string of the molecule is CC(C)Oc1nccnc1N1CCN(C(=O)OC(C)(C)C)[C@H](C)C1. The van der Waals surface area contributed by atoms with Gasteiger partial charge in [0.15, 0.2) is 5.82 Å². The zero-order valence-electron chi connectivity index (χ0n) is 15.4. The summed E-state index contributed by atoms with van der Waals surface area (Å²) >= 11 is 0. The number of carbonyl (C=O) groups excluding carboxylic acids is 1. The normalized spacial score (nSPS) is 18.7. The molecule has 0 N–H and O–H groups in total. The van der Waals surface area contributed by atoms with Gasteiger partial charge in [-0.15, -0.1) is 0 Å². The molecule has 1 fully saturated rings. The van der Waals surface area contributed by atoms with Gasteiger partial charge in [-0.25, -0.2) is 14.8 Å². The van der Waals surface area contributed by atoms with E-state index < -0.39 is 5.60 Å². The van der Waals surface area contributed by atoms with E-state index in [1.165, 1.54) is 0 Å². The predicted molar refractivity (Wildman–Crippen MR) is 92.4 cm³/mol. The fourth-order valence-electron chi connectivity index (χ4n) is 2.58. The summed E-state index contributed by atoms with van der Waals surface area (Å²) in [5, 5.41) is 0. The molecule has 1 aromatic rings. The number of hydrogen-bond donors (Lipinski definition) is 0. The van der Waals surface area contributed by atoms with E-state index in [0.717, 1.165) is 5.82 Å². The minimum Gasteiger partial charge on any atom is -0.472 e. The van der Waals surface area contributed by atoms with E-state index in [1.54, 1.807) is 17.3 Å². The van der Waals surface area contributed by atoms with E-state index >= 15 is 0 Å². The second-order valence-electron chi connectivity index (χ2n) is 7.32. The monoisotopic (exact) mass is 336 g/mol. The Morgan fingerprint density at radius 3 is 2.50 bits per heavy atom. The fourth-order valence-corrected chi connectivity index (χ4v) is 2.58. The summed E-state index contributed by atoms with van der Waals surface area (Å²) < 4.78 is 11.2. The lowest BCUT2D eigenvalue weighted by Gasteiger charge is -2.40. The zero-order chi connectivity index (χ0) is 17.9. The molecule has 134 valence electrons. The maximum atomic E-state index is 12.3. The summed E-state index contributed by atoms with van der Waals surface area (Å²) in [6, 6.07) is 0.0162. The molecular weight excluding hydrogens is 308 g/mol. The number of hydrogen-bond acceptors (Lipinski definition) is 6. The molecule has 24 heavy (non-hydrogen) atoms. The lowest BCUT2D eigenvalue weighted by atomic mass is 10.2. The van der Waals surface area contributed by atoms with Gasteiger partial charge in [-0.3, -0.25) is 0 Å². The van der Waals surface area contributed by atoms with Crippen molar-refractivity contribution in [2.45, 2.75) is 59.3 Å². The third-order valence-electron chi connectivity index (χ3n) is 3.55. The van der Waals surface area contributed by atoms with Crippen LogP contribution in [0.4, 0.5) is 10.6 Å². The highest BCUT2D eigenvalue weighted by Gasteiger charge is 2.32. The molecule has 2 rings (SSSR count). The molecule has 0 unspecified atom stereocenters. The molecule has 0 spiro atoms. The van der Waals surface area contributed by atoms with E-state index in [0.29, 0.717) is 25.5 Å². The number of carbonyl (C=O) groups is 1. The van der Waals surface area contributed by atoms with E-state index in [2.05, 4.69) is 14.9 Å². The summed E-state index contributed by atoms with van der Waals surface area (Å²) in [6.45, 7) is 13.5. The maximum absolute atomic E-state index is 12.3. The Bertz CT molecular complexity index is 571. The molecule has 7 heteroatoms. The molecule has 0 radical (unpaired) electrons. The van der Waals surface area contributed by atoms with Crippen LogP contribution in [-0.4, -0.2) is 58.3 Å². The number of amides is 1. The summed E-state index contributed by atoms with van der Waals surface area (Å²) in [5.74, 6) is 1.26. The van der Waals surface area contributed by atoms with Gasteiger partial charge in [0.2, 0.25) is 0 Å². The lowest BCUT2D eigenvalue weighted by molar-refractivity contribution is 0.0158. The van der Waals surface area contributed by atoms with Crippen LogP contribution in [0.1, 0.15) is 41.5 Å². The number of ether oxygens (including phenoxy) is 2. The second kappa shape index (κ2) is 7.23. The minimum absolute atomic E-state index is 0.0162. The van der Waals surface area contributed by atoms with Gasteiger partial charge in [0.25, 0.3) is 5.88 Å². The van der Waals surface area contributed by atoms with Gasteiger partial charge < -0.3 is 19.3 Å². The topological polar surface area (TPSA) is 67.8 Å². The van der Waals surface area contributed by atoms with Crippen LogP contribution in [0.2, 0.25) is 0 Å². The first-order valence-electron chi connectivity index (χ1n) is 8.39. The number of nitrogens with zero attached hydrogens (tertiary/aromatic N) is 4. The highest BCUT2D eigenvalue weighted by atomic mass is 16.6. The maximum Gasteiger partial charge on any atom is 0.410 e. The van der Waals surface area contributed by atoms with Crippen molar-refractivity contribution >= 4 is 11.9 Å². The molecule has 0 saturated carbocycles. The van der Waals surface area contributed by atoms with Crippen molar-refractivity contribution in [3.05, 3.63) is 12.4 Å². The average molecular weight is 336 g/mol. The molecule has 0 bridgehead atoms. The Morgan fingerprint density at radius 1 is 1.25 bits per heavy atom. The van der Waals surface area contributed by atoms with Gasteiger partial charge in [0.1, 0.15) is 5.60 Å². The summed E-state index contributed by atoms with van der Waals surface area (Å²) in [7, 11) is 0. The van der Waals surface area contributed by atoms with Crippen LogP contribution in [-0.2, 0) is 4.74 Å². The number of rotatable bonds is 3. The van der Waals surface area contributed by atoms with Gasteiger partial charge in [-0.1, -0.05) is 0 Å². The van der Waals surface area contributed by atoms with Gasteiger partial charge in [0.05, 0.1) is 6.10 Å². The van der Waals surface area contributed by atoms with Crippen molar-refractivity contribution in [1.29, 1.82) is 0 Å². The van der Waals surface area contributed by atoms with Crippen molar-refractivity contribution in [1.82, 2.24) is 14.9 Å². The molecular formula is C17H28N4O3. The van der Waals surface area contributed by atoms with Crippen molar-refractivity contribution in [2.75, 3.05) is 24.5 Å².